The van der Waals surface area contributed by atoms with Gasteiger partial charge >= 0.3 is 5.97 Å². The maximum absolute atomic E-state index is 12.7. The topological polar surface area (TPSA) is 46.6 Å². The van der Waals surface area contributed by atoms with Crippen molar-refractivity contribution in [3.05, 3.63) is 21.4 Å². The van der Waals surface area contributed by atoms with E-state index in [1.807, 2.05) is 12.3 Å². The molecule has 1 aliphatic carbocycles. The summed E-state index contributed by atoms with van der Waals surface area (Å²) in [4.78, 5) is 27.0. The molecule has 0 spiro atoms. The Kier molecular flexibility index (Phi) is 5.39. The van der Waals surface area contributed by atoms with Gasteiger partial charge in [-0.2, -0.15) is 0 Å². The van der Waals surface area contributed by atoms with E-state index in [-0.39, 0.29) is 18.3 Å². The molecule has 1 aromatic heterocycles. The number of hydrogen-bond acceptors (Lipinski definition) is 4. The SMILES string of the molecule is CCN(CCC(=O)OC)C(=O)c1csc2c1CCC(C)C2. The number of ether oxygens (including phenoxy) is 1. The largest absolute Gasteiger partial charge is 0.469 e. The number of nitrogens with zero attached hydrogens (tertiary/aromatic N) is 1. The maximum Gasteiger partial charge on any atom is 0.307 e. The average molecular weight is 309 g/mol. The summed E-state index contributed by atoms with van der Waals surface area (Å²) in [7, 11) is 1.37. The molecule has 0 bridgehead atoms. The number of carbonyl (C=O) groups excluding carboxylic acids is 2. The van der Waals surface area contributed by atoms with Gasteiger partial charge in [-0.05, 0) is 37.7 Å². The van der Waals surface area contributed by atoms with Gasteiger partial charge in [-0.15, -0.1) is 11.3 Å². The van der Waals surface area contributed by atoms with Gasteiger partial charge < -0.3 is 9.64 Å². The molecule has 4 nitrogen and oxygen atoms in total. The normalized spacial score (nSPS) is 17.2. The fraction of sp³-hybridized carbons (Fsp3) is 0.625. The highest BCUT2D eigenvalue weighted by Gasteiger charge is 2.25. The van der Waals surface area contributed by atoms with E-state index >= 15 is 0 Å². The summed E-state index contributed by atoms with van der Waals surface area (Å²) in [5.41, 5.74) is 2.08. The van der Waals surface area contributed by atoms with Crippen molar-refractivity contribution in [1.29, 1.82) is 0 Å². The van der Waals surface area contributed by atoms with Crippen LogP contribution in [0.3, 0.4) is 0 Å². The zero-order valence-electron chi connectivity index (χ0n) is 13.0. The molecule has 0 aromatic carbocycles. The van der Waals surface area contributed by atoms with Gasteiger partial charge in [0.05, 0.1) is 19.1 Å². The number of thiophene rings is 1. The Labute approximate surface area is 130 Å². The number of methoxy groups -OCH3 is 1. The molecule has 5 heteroatoms. The van der Waals surface area contributed by atoms with Crippen LogP contribution >= 0.6 is 11.3 Å². The van der Waals surface area contributed by atoms with Crippen LogP contribution in [-0.2, 0) is 22.4 Å². The monoisotopic (exact) mass is 309 g/mol. The second-order valence-corrected chi connectivity index (χ2v) is 6.57. The molecule has 0 aliphatic heterocycles. The summed E-state index contributed by atoms with van der Waals surface area (Å²) in [6.07, 6.45) is 3.48. The summed E-state index contributed by atoms with van der Waals surface area (Å²) >= 11 is 1.70. The highest BCUT2D eigenvalue weighted by molar-refractivity contribution is 7.10. The Morgan fingerprint density at radius 1 is 1.48 bits per heavy atom. The molecule has 1 aromatic rings. The molecule has 1 aliphatic rings. The van der Waals surface area contributed by atoms with Crippen LogP contribution in [0.2, 0.25) is 0 Å². The van der Waals surface area contributed by atoms with Crippen LogP contribution in [0, 0.1) is 5.92 Å². The van der Waals surface area contributed by atoms with Gasteiger partial charge in [0.25, 0.3) is 5.91 Å². The highest BCUT2D eigenvalue weighted by Crippen LogP contribution is 2.33. The third kappa shape index (κ3) is 3.64. The van der Waals surface area contributed by atoms with Gasteiger partial charge in [0.15, 0.2) is 0 Å². The van der Waals surface area contributed by atoms with Crippen LogP contribution in [0.4, 0.5) is 0 Å². The van der Waals surface area contributed by atoms with Crippen LogP contribution in [0.5, 0.6) is 0 Å². The first kappa shape index (κ1) is 16.0. The molecule has 1 atom stereocenters. The van der Waals surface area contributed by atoms with Gasteiger partial charge in [0.2, 0.25) is 0 Å². The predicted molar refractivity (Wildman–Crippen MR) is 83.7 cm³/mol. The van der Waals surface area contributed by atoms with Crippen LogP contribution in [0.1, 0.15) is 47.5 Å². The zero-order valence-corrected chi connectivity index (χ0v) is 13.8. The van der Waals surface area contributed by atoms with E-state index in [0.29, 0.717) is 19.0 Å². The van der Waals surface area contributed by atoms with Crippen LogP contribution in [0.25, 0.3) is 0 Å². The van der Waals surface area contributed by atoms with E-state index in [9.17, 15) is 9.59 Å². The second-order valence-electron chi connectivity index (χ2n) is 5.61. The summed E-state index contributed by atoms with van der Waals surface area (Å²) < 4.78 is 4.64. The number of carbonyl (C=O) groups is 2. The lowest BCUT2D eigenvalue weighted by molar-refractivity contribution is -0.140. The maximum atomic E-state index is 12.7. The zero-order chi connectivity index (χ0) is 15.4. The summed E-state index contributed by atoms with van der Waals surface area (Å²) in [5.74, 6) is 0.483. The molecule has 1 unspecified atom stereocenters. The Morgan fingerprint density at radius 2 is 2.24 bits per heavy atom. The molecule has 0 saturated carbocycles. The fourth-order valence-electron chi connectivity index (χ4n) is 2.76. The van der Waals surface area contributed by atoms with Gasteiger partial charge in [0, 0.05) is 23.3 Å². The van der Waals surface area contributed by atoms with Crippen molar-refractivity contribution >= 4 is 23.2 Å². The van der Waals surface area contributed by atoms with Crippen molar-refractivity contribution in [3.63, 3.8) is 0 Å². The quantitative estimate of drug-likeness (QED) is 0.786. The second kappa shape index (κ2) is 7.07. The first-order valence-corrected chi connectivity index (χ1v) is 8.40. The smallest absolute Gasteiger partial charge is 0.307 e. The molecule has 0 N–H and O–H groups in total. The number of hydrogen-bond donors (Lipinski definition) is 0. The van der Waals surface area contributed by atoms with E-state index < -0.39 is 0 Å². The highest BCUT2D eigenvalue weighted by atomic mass is 32.1. The molecule has 21 heavy (non-hydrogen) atoms. The molecule has 116 valence electrons. The van der Waals surface area contributed by atoms with Crippen LogP contribution < -0.4 is 0 Å². The lowest BCUT2D eigenvalue weighted by atomic mass is 9.88. The van der Waals surface area contributed by atoms with Crippen molar-refractivity contribution in [2.45, 2.75) is 39.5 Å². The summed E-state index contributed by atoms with van der Waals surface area (Å²) in [6, 6.07) is 0. The van der Waals surface area contributed by atoms with Crippen molar-refractivity contribution < 1.29 is 14.3 Å². The molecular weight excluding hydrogens is 286 g/mol. The van der Waals surface area contributed by atoms with E-state index in [4.69, 9.17) is 0 Å². The predicted octanol–water partition coefficient (Wildman–Crippen LogP) is 2.90. The molecule has 1 amide bonds. The van der Waals surface area contributed by atoms with Gasteiger partial charge in [-0.1, -0.05) is 6.92 Å². The Balaban J connectivity index is 2.09. The third-order valence-electron chi connectivity index (χ3n) is 4.11. The lowest BCUT2D eigenvalue weighted by Gasteiger charge is -2.23. The fourth-order valence-corrected chi connectivity index (χ4v) is 4.00. The standard InChI is InChI=1S/C16H23NO3S/c1-4-17(8-7-15(18)20-3)16(19)13-10-21-14-9-11(2)5-6-12(13)14/h10-11H,4-9H2,1-3H3. The number of fused-ring (bicyclic) bond motifs is 1. The van der Waals surface area contributed by atoms with E-state index in [0.717, 1.165) is 24.8 Å². The third-order valence-corrected chi connectivity index (χ3v) is 5.17. The van der Waals surface area contributed by atoms with Crippen molar-refractivity contribution in [3.8, 4) is 0 Å². The lowest BCUT2D eigenvalue weighted by Crippen LogP contribution is -2.33. The number of esters is 1. The van der Waals surface area contributed by atoms with E-state index in [1.54, 1.807) is 16.2 Å². The number of amides is 1. The minimum atomic E-state index is -0.276. The molecule has 0 fully saturated rings. The summed E-state index contributed by atoms with van der Waals surface area (Å²) in [6.45, 7) is 5.23. The van der Waals surface area contributed by atoms with Crippen molar-refractivity contribution in [2.75, 3.05) is 20.2 Å². The van der Waals surface area contributed by atoms with Crippen LogP contribution in [0.15, 0.2) is 5.38 Å². The molecule has 1 heterocycles. The van der Waals surface area contributed by atoms with Gasteiger partial charge in [-0.3, -0.25) is 9.59 Å². The number of rotatable bonds is 5. The first-order valence-electron chi connectivity index (χ1n) is 7.52. The molecular formula is C16H23NO3S. The van der Waals surface area contributed by atoms with Crippen molar-refractivity contribution in [1.82, 2.24) is 4.90 Å². The molecule has 0 saturated heterocycles. The minimum absolute atomic E-state index is 0.0495. The van der Waals surface area contributed by atoms with Gasteiger partial charge in [-0.25, -0.2) is 0 Å². The van der Waals surface area contributed by atoms with E-state index in [2.05, 4.69) is 11.7 Å². The Morgan fingerprint density at radius 3 is 2.90 bits per heavy atom. The average Bonchev–Trinajstić information content (AvgIpc) is 2.90. The minimum Gasteiger partial charge on any atom is -0.469 e. The summed E-state index contributed by atoms with van der Waals surface area (Å²) in [5, 5.41) is 1.99. The van der Waals surface area contributed by atoms with Crippen molar-refractivity contribution in [2.24, 2.45) is 5.92 Å². The first-order chi connectivity index (χ1) is 10.1. The van der Waals surface area contributed by atoms with Crippen LogP contribution in [-0.4, -0.2) is 37.0 Å². The Hall–Kier alpha value is -1.36. The Bertz CT molecular complexity index is 524. The molecule has 2 rings (SSSR count). The van der Waals surface area contributed by atoms with E-state index in [1.165, 1.54) is 17.6 Å². The van der Waals surface area contributed by atoms with Gasteiger partial charge in [0.1, 0.15) is 0 Å². The molecule has 0 radical (unpaired) electrons.